The van der Waals surface area contributed by atoms with Gasteiger partial charge in [0.2, 0.25) is 0 Å². The van der Waals surface area contributed by atoms with Gasteiger partial charge in [0.1, 0.15) is 11.5 Å². The van der Waals surface area contributed by atoms with Gasteiger partial charge in [0.05, 0.1) is 6.61 Å². The lowest BCUT2D eigenvalue weighted by Crippen LogP contribution is -2.43. The number of amides is 2. The summed E-state index contributed by atoms with van der Waals surface area (Å²) in [5.41, 5.74) is 0.633. The fourth-order valence-corrected chi connectivity index (χ4v) is 3.52. The lowest BCUT2D eigenvalue weighted by atomic mass is 9.96. The van der Waals surface area contributed by atoms with Gasteiger partial charge in [-0.05, 0) is 61.6 Å². The molecule has 166 valence electrons. The average molecular weight is 425 g/mol. The van der Waals surface area contributed by atoms with E-state index in [4.69, 9.17) is 9.47 Å². The normalized spacial score (nSPS) is 14.2. The van der Waals surface area contributed by atoms with Crippen molar-refractivity contribution in [1.82, 2.24) is 10.2 Å². The summed E-state index contributed by atoms with van der Waals surface area (Å²) in [6.07, 6.45) is 3.87. The van der Waals surface area contributed by atoms with Crippen molar-refractivity contribution >= 4 is 11.8 Å². The Morgan fingerprint density at radius 2 is 1.65 bits per heavy atom. The number of carbonyl (C=O) groups excluding carboxylic acids is 2. The molecule has 2 aromatic carbocycles. The number of hydrogen-bond donors (Lipinski definition) is 1. The Labute approximate surface area is 184 Å². The number of likely N-dealkylation sites (tertiary alicyclic amines) is 1. The number of piperidine rings is 1. The number of nitrogens with one attached hydrogen (secondary N) is 1. The van der Waals surface area contributed by atoms with E-state index in [0.29, 0.717) is 43.5 Å². The first-order chi connectivity index (χ1) is 15.2. The zero-order valence-corrected chi connectivity index (χ0v) is 18.2. The molecule has 0 aliphatic carbocycles. The molecule has 0 radical (unpaired) electrons. The van der Waals surface area contributed by atoms with Crippen LogP contribution in [0, 0.1) is 5.92 Å². The van der Waals surface area contributed by atoms with E-state index in [9.17, 15) is 9.59 Å². The molecule has 1 aliphatic heterocycles. The molecule has 0 aromatic heterocycles. The fourth-order valence-electron chi connectivity index (χ4n) is 3.52. The highest BCUT2D eigenvalue weighted by Crippen LogP contribution is 2.18. The summed E-state index contributed by atoms with van der Waals surface area (Å²) in [5.74, 6) is 1.80. The molecule has 0 saturated carbocycles. The summed E-state index contributed by atoms with van der Waals surface area (Å²) in [4.78, 5) is 26.6. The van der Waals surface area contributed by atoms with Gasteiger partial charge in [-0.1, -0.05) is 31.5 Å². The monoisotopic (exact) mass is 424 g/mol. The lowest BCUT2D eigenvalue weighted by Gasteiger charge is -2.32. The lowest BCUT2D eigenvalue weighted by molar-refractivity contribution is -0.134. The molecule has 6 heteroatoms. The Morgan fingerprint density at radius 1 is 0.968 bits per heavy atom. The topological polar surface area (TPSA) is 67.9 Å². The predicted molar refractivity (Wildman–Crippen MR) is 120 cm³/mol. The maximum absolute atomic E-state index is 12.4. The van der Waals surface area contributed by atoms with E-state index in [-0.39, 0.29) is 18.4 Å². The van der Waals surface area contributed by atoms with Crippen LogP contribution in [0.5, 0.6) is 11.5 Å². The summed E-state index contributed by atoms with van der Waals surface area (Å²) < 4.78 is 11.2. The average Bonchev–Trinajstić information content (AvgIpc) is 2.82. The number of ether oxygens (including phenoxy) is 2. The van der Waals surface area contributed by atoms with Crippen LogP contribution in [0.2, 0.25) is 0 Å². The number of hydrogen-bond acceptors (Lipinski definition) is 4. The minimum absolute atomic E-state index is 0.00702. The van der Waals surface area contributed by atoms with E-state index < -0.39 is 0 Å². The molecule has 1 N–H and O–H groups in total. The van der Waals surface area contributed by atoms with Crippen LogP contribution in [0.15, 0.2) is 54.6 Å². The van der Waals surface area contributed by atoms with Crippen LogP contribution in [-0.2, 0) is 4.79 Å². The van der Waals surface area contributed by atoms with Crippen LogP contribution in [0.4, 0.5) is 0 Å². The van der Waals surface area contributed by atoms with Gasteiger partial charge in [0.25, 0.3) is 11.8 Å². The van der Waals surface area contributed by atoms with Gasteiger partial charge in [0.15, 0.2) is 6.61 Å². The highest BCUT2D eigenvalue weighted by atomic mass is 16.5. The second kappa shape index (κ2) is 12.0. The number of nitrogens with zero attached hydrogens (tertiary/aromatic N) is 1. The van der Waals surface area contributed by atoms with E-state index >= 15 is 0 Å². The molecule has 1 aliphatic rings. The molecule has 6 nitrogen and oxygen atoms in total. The van der Waals surface area contributed by atoms with Gasteiger partial charge in [-0.3, -0.25) is 9.59 Å². The standard InChI is InChI=1S/C25H32N2O4/c1-2-3-17-30-23-11-9-21(10-12-23)25(29)26-18-20-13-15-27(16-14-20)24(28)19-31-22-7-5-4-6-8-22/h4-12,20H,2-3,13-19H2,1H3,(H,26,29). The van der Waals surface area contributed by atoms with Crippen LogP contribution < -0.4 is 14.8 Å². The van der Waals surface area contributed by atoms with Crippen molar-refractivity contribution in [1.29, 1.82) is 0 Å². The molecule has 0 bridgehead atoms. The van der Waals surface area contributed by atoms with Crippen molar-refractivity contribution in [3.8, 4) is 11.5 Å². The predicted octanol–water partition coefficient (Wildman–Crippen LogP) is 3.91. The van der Waals surface area contributed by atoms with Gasteiger partial charge in [-0.15, -0.1) is 0 Å². The number of para-hydroxylation sites is 1. The molecule has 2 aromatic rings. The first-order valence-corrected chi connectivity index (χ1v) is 11.1. The van der Waals surface area contributed by atoms with E-state index in [2.05, 4.69) is 12.2 Å². The summed E-state index contributed by atoms with van der Waals surface area (Å²) >= 11 is 0. The fraction of sp³-hybridized carbons (Fsp3) is 0.440. The largest absolute Gasteiger partial charge is 0.494 e. The summed E-state index contributed by atoms with van der Waals surface area (Å²) in [6.45, 7) is 4.89. The van der Waals surface area contributed by atoms with Crippen molar-refractivity contribution < 1.29 is 19.1 Å². The van der Waals surface area contributed by atoms with Crippen LogP contribution in [0.25, 0.3) is 0 Å². The van der Waals surface area contributed by atoms with Gasteiger partial charge in [-0.25, -0.2) is 0 Å². The van der Waals surface area contributed by atoms with Crippen molar-refractivity contribution in [2.24, 2.45) is 5.92 Å². The summed E-state index contributed by atoms with van der Waals surface area (Å²) in [6, 6.07) is 16.6. The molecule has 0 atom stereocenters. The van der Waals surface area contributed by atoms with Crippen molar-refractivity contribution in [2.45, 2.75) is 32.6 Å². The van der Waals surface area contributed by atoms with E-state index in [1.807, 2.05) is 47.4 Å². The number of benzene rings is 2. The molecule has 0 spiro atoms. The summed E-state index contributed by atoms with van der Waals surface area (Å²) in [5, 5.41) is 3.02. The van der Waals surface area contributed by atoms with Gasteiger partial charge < -0.3 is 19.7 Å². The quantitative estimate of drug-likeness (QED) is 0.587. The molecule has 3 rings (SSSR count). The van der Waals surface area contributed by atoms with Crippen molar-refractivity contribution in [3.05, 3.63) is 60.2 Å². The highest BCUT2D eigenvalue weighted by Gasteiger charge is 2.23. The maximum atomic E-state index is 12.4. The minimum Gasteiger partial charge on any atom is -0.494 e. The van der Waals surface area contributed by atoms with Gasteiger partial charge >= 0.3 is 0 Å². The molecule has 31 heavy (non-hydrogen) atoms. The van der Waals surface area contributed by atoms with Gasteiger partial charge in [-0.2, -0.15) is 0 Å². The second-order valence-electron chi connectivity index (χ2n) is 7.86. The van der Waals surface area contributed by atoms with E-state index in [1.165, 1.54) is 0 Å². The van der Waals surface area contributed by atoms with Crippen LogP contribution >= 0.6 is 0 Å². The van der Waals surface area contributed by atoms with Crippen molar-refractivity contribution in [3.63, 3.8) is 0 Å². The van der Waals surface area contributed by atoms with Crippen LogP contribution in [0.1, 0.15) is 43.0 Å². The Morgan fingerprint density at radius 3 is 2.32 bits per heavy atom. The zero-order chi connectivity index (χ0) is 21.9. The zero-order valence-electron chi connectivity index (χ0n) is 18.2. The third-order valence-corrected chi connectivity index (χ3v) is 5.51. The number of rotatable bonds is 10. The minimum atomic E-state index is -0.0742. The molecule has 0 unspecified atom stereocenters. The Kier molecular flexibility index (Phi) is 8.76. The van der Waals surface area contributed by atoms with Crippen LogP contribution in [0.3, 0.4) is 0 Å². The van der Waals surface area contributed by atoms with E-state index in [1.54, 1.807) is 12.1 Å². The highest BCUT2D eigenvalue weighted by molar-refractivity contribution is 5.94. The molecular weight excluding hydrogens is 392 g/mol. The first kappa shape index (κ1) is 22.7. The first-order valence-electron chi connectivity index (χ1n) is 11.1. The molecule has 1 fully saturated rings. The molecule has 1 heterocycles. The molecule has 1 saturated heterocycles. The third-order valence-electron chi connectivity index (χ3n) is 5.51. The molecular formula is C25H32N2O4. The van der Waals surface area contributed by atoms with E-state index in [0.717, 1.165) is 31.4 Å². The number of unbranched alkanes of at least 4 members (excludes halogenated alkanes) is 1. The summed E-state index contributed by atoms with van der Waals surface area (Å²) in [7, 11) is 0. The Bertz CT molecular complexity index is 815. The third kappa shape index (κ3) is 7.31. The molecule has 2 amide bonds. The van der Waals surface area contributed by atoms with Gasteiger partial charge in [0, 0.05) is 25.2 Å². The Balaban J connectivity index is 1.35. The smallest absolute Gasteiger partial charge is 0.260 e. The SMILES string of the molecule is CCCCOc1ccc(C(=O)NCC2CCN(C(=O)COc3ccccc3)CC2)cc1. The Hall–Kier alpha value is -3.02. The number of carbonyl (C=O) groups is 2. The second-order valence-corrected chi connectivity index (χ2v) is 7.86. The van der Waals surface area contributed by atoms with Crippen molar-refractivity contribution in [2.75, 3.05) is 32.8 Å². The maximum Gasteiger partial charge on any atom is 0.260 e. The van der Waals surface area contributed by atoms with Crippen LogP contribution in [-0.4, -0.2) is 49.6 Å².